The highest BCUT2D eigenvalue weighted by Gasteiger charge is 2.35. The Balaban J connectivity index is 2.07. The van der Waals surface area contributed by atoms with Gasteiger partial charge in [-0.2, -0.15) is 18.3 Å². The lowest BCUT2D eigenvalue weighted by Gasteiger charge is -2.06. The Labute approximate surface area is 139 Å². The molecule has 0 fully saturated rings. The van der Waals surface area contributed by atoms with Gasteiger partial charge in [-0.15, -0.1) is 0 Å². The Hall–Kier alpha value is -2.42. The molecule has 0 amide bonds. The molecular weight excluding hydrogens is 345 g/mol. The highest BCUT2D eigenvalue weighted by Crippen LogP contribution is 2.31. The van der Waals surface area contributed by atoms with Crippen LogP contribution in [-0.4, -0.2) is 29.3 Å². The van der Waals surface area contributed by atoms with Crippen molar-refractivity contribution < 1.29 is 13.2 Å². The van der Waals surface area contributed by atoms with Gasteiger partial charge >= 0.3 is 6.18 Å². The largest absolute Gasteiger partial charge is 0.434 e. The van der Waals surface area contributed by atoms with Crippen LogP contribution in [0.4, 0.5) is 13.2 Å². The third kappa shape index (κ3) is 3.25. The standard InChI is InChI=1S/C14H12ClF3N6/c1-8-3-10(23(2)22-8)13-21-11(14(16,17)18)6-24(13)7-12-19-4-9(15)5-20-12/h3-6H,7H2,1-2H3. The van der Waals surface area contributed by atoms with E-state index in [1.54, 1.807) is 20.0 Å². The lowest BCUT2D eigenvalue weighted by molar-refractivity contribution is -0.140. The van der Waals surface area contributed by atoms with Crippen molar-refractivity contribution in [2.75, 3.05) is 0 Å². The second-order valence-electron chi connectivity index (χ2n) is 5.19. The Bertz CT molecular complexity index is 866. The summed E-state index contributed by atoms with van der Waals surface area (Å²) in [4.78, 5) is 11.8. The number of aromatic nitrogens is 6. The van der Waals surface area contributed by atoms with E-state index >= 15 is 0 Å². The molecule has 3 aromatic rings. The Morgan fingerprint density at radius 1 is 1.21 bits per heavy atom. The van der Waals surface area contributed by atoms with E-state index in [9.17, 15) is 13.2 Å². The zero-order valence-corrected chi connectivity index (χ0v) is 13.5. The monoisotopic (exact) mass is 356 g/mol. The molecule has 126 valence electrons. The van der Waals surface area contributed by atoms with E-state index in [-0.39, 0.29) is 12.4 Å². The van der Waals surface area contributed by atoms with Gasteiger partial charge in [0.15, 0.2) is 11.5 Å². The first-order valence-electron chi connectivity index (χ1n) is 6.86. The number of hydrogen-bond donors (Lipinski definition) is 0. The predicted octanol–water partition coefficient (Wildman–Crippen LogP) is 3.10. The van der Waals surface area contributed by atoms with E-state index in [1.165, 1.54) is 21.6 Å². The van der Waals surface area contributed by atoms with Crippen LogP contribution in [0.5, 0.6) is 0 Å². The molecule has 3 rings (SSSR count). The van der Waals surface area contributed by atoms with Gasteiger partial charge in [-0.1, -0.05) is 11.6 Å². The van der Waals surface area contributed by atoms with Crippen LogP contribution in [-0.2, 0) is 19.8 Å². The molecule has 0 atom stereocenters. The second kappa shape index (κ2) is 5.90. The fraction of sp³-hybridized carbons (Fsp3) is 0.286. The molecule has 0 radical (unpaired) electrons. The molecule has 0 N–H and O–H groups in total. The molecule has 10 heteroatoms. The molecular formula is C14H12ClF3N6. The van der Waals surface area contributed by atoms with Crippen LogP contribution < -0.4 is 0 Å². The summed E-state index contributed by atoms with van der Waals surface area (Å²) in [6, 6.07) is 1.67. The van der Waals surface area contributed by atoms with Crippen LogP contribution >= 0.6 is 11.6 Å². The molecule has 0 saturated carbocycles. The van der Waals surface area contributed by atoms with Crippen molar-refractivity contribution in [1.82, 2.24) is 29.3 Å². The van der Waals surface area contributed by atoms with Gasteiger partial charge in [0.1, 0.15) is 11.5 Å². The molecule has 6 nitrogen and oxygen atoms in total. The first-order chi connectivity index (χ1) is 11.2. The summed E-state index contributed by atoms with van der Waals surface area (Å²) in [7, 11) is 1.65. The average molecular weight is 357 g/mol. The zero-order valence-electron chi connectivity index (χ0n) is 12.7. The SMILES string of the molecule is Cc1cc(-c2nc(C(F)(F)F)cn2Cc2ncc(Cl)cn2)n(C)n1. The molecule has 0 spiro atoms. The fourth-order valence-electron chi connectivity index (χ4n) is 2.27. The molecule has 0 unspecified atom stereocenters. The molecule has 0 aromatic carbocycles. The minimum absolute atomic E-state index is 0.0276. The van der Waals surface area contributed by atoms with Gasteiger partial charge in [-0.05, 0) is 13.0 Å². The minimum atomic E-state index is -4.55. The number of aryl methyl sites for hydroxylation is 2. The number of alkyl halides is 3. The summed E-state index contributed by atoms with van der Waals surface area (Å²) in [5, 5.41) is 4.50. The van der Waals surface area contributed by atoms with E-state index in [4.69, 9.17) is 11.6 Å². The Morgan fingerprint density at radius 2 is 1.88 bits per heavy atom. The quantitative estimate of drug-likeness (QED) is 0.723. The fourth-order valence-corrected chi connectivity index (χ4v) is 2.37. The third-order valence-electron chi connectivity index (χ3n) is 3.28. The van der Waals surface area contributed by atoms with Crippen LogP contribution in [0.15, 0.2) is 24.7 Å². The summed E-state index contributed by atoms with van der Waals surface area (Å²) in [5.74, 6) is 0.467. The van der Waals surface area contributed by atoms with Gasteiger partial charge in [0.05, 0.1) is 17.3 Å². The van der Waals surface area contributed by atoms with Gasteiger partial charge in [0.25, 0.3) is 0 Å². The molecule has 0 aliphatic carbocycles. The van der Waals surface area contributed by atoms with Crippen LogP contribution in [0.1, 0.15) is 17.2 Å². The van der Waals surface area contributed by atoms with Crippen molar-refractivity contribution in [2.24, 2.45) is 7.05 Å². The van der Waals surface area contributed by atoms with Crippen molar-refractivity contribution in [3.8, 4) is 11.5 Å². The Morgan fingerprint density at radius 3 is 2.42 bits per heavy atom. The van der Waals surface area contributed by atoms with E-state index in [0.29, 0.717) is 22.2 Å². The smallest absolute Gasteiger partial charge is 0.321 e. The first-order valence-corrected chi connectivity index (χ1v) is 7.23. The number of hydrogen-bond acceptors (Lipinski definition) is 4. The minimum Gasteiger partial charge on any atom is -0.321 e. The van der Waals surface area contributed by atoms with Crippen LogP contribution in [0.2, 0.25) is 5.02 Å². The zero-order chi connectivity index (χ0) is 17.5. The first kappa shape index (κ1) is 16.4. The number of halogens is 4. The van der Waals surface area contributed by atoms with Crippen molar-refractivity contribution >= 4 is 11.6 Å². The Kier molecular flexibility index (Phi) is 4.04. The summed E-state index contributed by atoms with van der Waals surface area (Å²) in [6.45, 7) is 1.78. The third-order valence-corrected chi connectivity index (χ3v) is 3.48. The highest BCUT2D eigenvalue weighted by atomic mass is 35.5. The molecule has 0 aliphatic rings. The van der Waals surface area contributed by atoms with Crippen molar-refractivity contribution in [1.29, 1.82) is 0 Å². The van der Waals surface area contributed by atoms with Crippen LogP contribution in [0, 0.1) is 6.92 Å². The maximum atomic E-state index is 13.0. The topological polar surface area (TPSA) is 61.4 Å². The van der Waals surface area contributed by atoms with Gasteiger partial charge in [-0.3, -0.25) is 4.68 Å². The van der Waals surface area contributed by atoms with Gasteiger partial charge in [-0.25, -0.2) is 15.0 Å². The molecule has 3 heterocycles. The van der Waals surface area contributed by atoms with Crippen molar-refractivity contribution in [3.05, 3.63) is 46.9 Å². The van der Waals surface area contributed by atoms with Crippen molar-refractivity contribution in [2.45, 2.75) is 19.6 Å². The van der Waals surface area contributed by atoms with Gasteiger partial charge < -0.3 is 4.57 Å². The van der Waals surface area contributed by atoms with E-state index in [2.05, 4.69) is 20.1 Å². The second-order valence-corrected chi connectivity index (χ2v) is 5.62. The van der Waals surface area contributed by atoms with E-state index < -0.39 is 11.9 Å². The lowest BCUT2D eigenvalue weighted by atomic mass is 10.3. The van der Waals surface area contributed by atoms with Crippen molar-refractivity contribution in [3.63, 3.8) is 0 Å². The van der Waals surface area contributed by atoms with E-state index in [0.717, 1.165) is 6.20 Å². The lowest BCUT2D eigenvalue weighted by Crippen LogP contribution is -2.07. The number of nitrogens with zero attached hydrogens (tertiary/aromatic N) is 6. The van der Waals surface area contributed by atoms with Gasteiger partial charge in [0, 0.05) is 25.6 Å². The summed E-state index contributed by atoms with van der Waals surface area (Å²) in [6.07, 6.45) is -0.830. The highest BCUT2D eigenvalue weighted by molar-refractivity contribution is 6.30. The number of rotatable bonds is 3. The molecule has 3 aromatic heterocycles. The normalized spacial score (nSPS) is 11.9. The number of imidazole rings is 1. The van der Waals surface area contributed by atoms with Gasteiger partial charge in [0.2, 0.25) is 0 Å². The molecule has 0 aliphatic heterocycles. The molecule has 0 bridgehead atoms. The van der Waals surface area contributed by atoms with E-state index in [1.807, 2.05) is 0 Å². The van der Waals surface area contributed by atoms with Crippen LogP contribution in [0.25, 0.3) is 11.5 Å². The maximum absolute atomic E-state index is 13.0. The summed E-state index contributed by atoms with van der Waals surface area (Å²) < 4.78 is 42.0. The maximum Gasteiger partial charge on any atom is 0.434 e. The average Bonchev–Trinajstić information content (AvgIpc) is 3.04. The molecule has 24 heavy (non-hydrogen) atoms. The van der Waals surface area contributed by atoms with Crippen LogP contribution in [0.3, 0.4) is 0 Å². The predicted molar refractivity (Wildman–Crippen MR) is 80.3 cm³/mol. The molecule has 0 saturated heterocycles. The summed E-state index contributed by atoms with van der Waals surface area (Å²) in [5.41, 5.74) is 0.167. The summed E-state index contributed by atoms with van der Waals surface area (Å²) >= 11 is 5.72.